The fourth-order valence-electron chi connectivity index (χ4n) is 2.21. The summed E-state index contributed by atoms with van der Waals surface area (Å²) in [6, 6.07) is 0.816. The second-order valence-corrected chi connectivity index (χ2v) is 6.25. The van der Waals surface area contributed by atoms with Crippen LogP contribution in [0.1, 0.15) is 22.6 Å². The molecule has 0 heterocycles. The number of halogens is 8. The van der Waals surface area contributed by atoms with Gasteiger partial charge in [0.05, 0.1) is 17.0 Å². The van der Waals surface area contributed by atoms with Gasteiger partial charge in [-0.15, -0.1) is 0 Å². The van der Waals surface area contributed by atoms with E-state index in [1.807, 2.05) is 0 Å². The van der Waals surface area contributed by atoms with Gasteiger partial charge in [0, 0.05) is 5.92 Å². The average Bonchev–Trinajstić information content (AvgIpc) is 2.89. The van der Waals surface area contributed by atoms with Gasteiger partial charge in [0.25, 0.3) is 0 Å². The Labute approximate surface area is 129 Å². The maximum absolute atomic E-state index is 12.7. The predicted octanol–water partition coefficient (Wildman–Crippen LogP) is 4.70. The van der Waals surface area contributed by atoms with Crippen molar-refractivity contribution in [3.8, 4) is 0 Å². The first-order valence-corrected chi connectivity index (χ1v) is 6.42. The molecule has 10 heteroatoms. The van der Waals surface area contributed by atoms with E-state index in [0.29, 0.717) is 12.1 Å². The lowest BCUT2D eigenvalue weighted by molar-refractivity contribution is -0.143. The van der Waals surface area contributed by atoms with Crippen LogP contribution in [0.15, 0.2) is 18.2 Å². The van der Waals surface area contributed by atoms with Gasteiger partial charge < -0.3 is 5.11 Å². The van der Waals surface area contributed by atoms with Gasteiger partial charge in [-0.05, 0) is 23.8 Å². The molecule has 2 nitrogen and oxygen atoms in total. The summed E-state index contributed by atoms with van der Waals surface area (Å²) < 4.78 is 74.4. The topological polar surface area (TPSA) is 37.3 Å². The zero-order valence-corrected chi connectivity index (χ0v) is 11.8. The molecule has 2 rings (SSSR count). The molecule has 0 unspecified atom stereocenters. The van der Waals surface area contributed by atoms with Crippen LogP contribution in [0, 0.1) is 5.92 Å². The zero-order valence-electron chi connectivity index (χ0n) is 10.3. The van der Waals surface area contributed by atoms with Crippen molar-refractivity contribution in [1.29, 1.82) is 0 Å². The van der Waals surface area contributed by atoms with Crippen molar-refractivity contribution >= 4 is 29.2 Å². The molecule has 1 N–H and O–H groups in total. The summed E-state index contributed by atoms with van der Waals surface area (Å²) >= 11 is 11.3. The summed E-state index contributed by atoms with van der Waals surface area (Å²) in [6.45, 7) is 0. The summed E-state index contributed by atoms with van der Waals surface area (Å²) in [4.78, 5) is 10.9. The third kappa shape index (κ3) is 2.99. The van der Waals surface area contributed by atoms with Gasteiger partial charge in [-0.25, -0.2) is 0 Å². The van der Waals surface area contributed by atoms with Crippen molar-refractivity contribution in [2.45, 2.75) is 22.6 Å². The summed E-state index contributed by atoms with van der Waals surface area (Å²) in [5.74, 6) is -4.32. The van der Waals surface area contributed by atoms with Crippen LogP contribution in [0.3, 0.4) is 0 Å². The van der Waals surface area contributed by atoms with Gasteiger partial charge in [-0.2, -0.15) is 26.3 Å². The van der Waals surface area contributed by atoms with E-state index in [2.05, 4.69) is 0 Å². The van der Waals surface area contributed by atoms with Gasteiger partial charge in [-0.1, -0.05) is 23.2 Å². The molecule has 1 aromatic carbocycles. The van der Waals surface area contributed by atoms with Crippen LogP contribution in [0.5, 0.6) is 0 Å². The van der Waals surface area contributed by atoms with Gasteiger partial charge in [-0.3, -0.25) is 4.79 Å². The maximum atomic E-state index is 12.7. The second kappa shape index (κ2) is 4.92. The minimum Gasteiger partial charge on any atom is -0.481 e. The normalized spacial score (nSPS) is 24.2. The van der Waals surface area contributed by atoms with Crippen molar-refractivity contribution in [2.24, 2.45) is 5.92 Å². The van der Waals surface area contributed by atoms with Gasteiger partial charge in [0.2, 0.25) is 0 Å². The van der Waals surface area contributed by atoms with Crippen molar-refractivity contribution in [2.75, 3.05) is 0 Å². The molecule has 1 aliphatic carbocycles. The molecular formula is C12H6Cl2F6O2. The average molecular weight is 367 g/mol. The van der Waals surface area contributed by atoms with Gasteiger partial charge in [0.15, 0.2) is 0 Å². The summed E-state index contributed by atoms with van der Waals surface area (Å²) in [5.41, 5.74) is -3.60. The van der Waals surface area contributed by atoms with E-state index in [1.165, 1.54) is 0 Å². The molecule has 0 spiro atoms. The van der Waals surface area contributed by atoms with Crippen LogP contribution in [0.25, 0.3) is 0 Å². The van der Waals surface area contributed by atoms with Crippen molar-refractivity contribution in [3.05, 3.63) is 34.9 Å². The number of rotatable bonds is 2. The summed E-state index contributed by atoms with van der Waals surface area (Å²) in [5, 5.41) is 8.87. The van der Waals surface area contributed by atoms with Crippen molar-refractivity contribution in [1.82, 2.24) is 0 Å². The highest BCUT2D eigenvalue weighted by molar-refractivity contribution is 6.53. The first-order chi connectivity index (χ1) is 9.76. The van der Waals surface area contributed by atoms with Crippen LogP contribution < -0.4 is 0 Å². The van der Waals surface area contributed by atoms with Crippen LogP contribution in [0.4, 0.5) is 26.3 Å². The first kappa shape index (κ1) is 17.2. The molecule has 0 bridgehead atoms. The van der Waals surface area contributed by atoms with E-state index in [9.17, 15) is 31.1 Å². The highest BCUT2D eigenvalue weighted by Crippen LogP contribution is 2.65. The van der Waals surface area contributed by atoms with Crippen LogP contribution in [-0.2, 0) is 17.1 Å². The largest absolute Gasteiger partial charge is 0.481 e. The Balaban J connectivity index is 2.56. The third-order valence-electron chi connectivity index (χ3n) is 3.29. The zero-order chi connectivity index (χ0) is 17.1. The van der Waals surface area contributed by atoms with Crippen LogP contribution >= 0.6 is 23.2 Å². The Hall–Kier alpha value is -1.15. The Bertz CT molecular complexity index is 591. The quantitative estimate of drug-likeness (QED) is 0.608. The Morgan fingerprint density at radius 1 is 1.00 bits per heavy atom. The molecule has 0 aromatic heterocycles. The highest BCUT2D eigenvalue weighted by Gasteiger charge is 2.68. The van der Waals surface area contributed by atoms with E-state index in [4.69, 9.17) is 28.3 Å². The molecule has 0 radical (unpaired) electrons. The van der Waals surface area contributed by atoms with E-state index >= 15 is 0 Å². The summed E-state index contributed by atoms with van der Waals surface area (Å²) in [7, 11) is 0. The molecule has 0 saturated heterocycles. The molecule has 22 heavy (non-hydrogen) atoms. The predicted molar refractivity (Wildman–Crippen MR) is 64.7 cm³/mol. The minimum atomic E-state index is -5.02. The number of aliphatic carboxylic acids is 1. The Morgan fingerprint density at radius 3 is 1.68 bits per heavy atom. The van der Waals surface area contributed by atoms with Gasteiger partial charge in [0.1, 0.15) is 4.33 Å². The van der Waals surface area contributed by atoms with E-state index in [-0.39, 0.29) is 6.07 Å². The van der Waals surface area contributed by atoms with Crippen LogP contribution in [0.2, 0.25) is 0 Å². The van der Waals surface area contributed by atoms with Crippen molar-refractivity contribution in [3.63, 3.8) is 0 Å². The maximum Gasteiger partial charge on any atom is 0.416 e. The minimum absolute atomic E-state index is 0.0498. The number of hydrogen-bond donors (Lipinski definition) is 1. The lowest BCUT2D eigenvalue weighted by atomic mass is 10.0. The lowest BCUT2D eigenvalue weighted by Gasteiger charge is -2.14. The number of carboxylic acids is 1. The lowest BCUT2D eigenvalue weighted by Crippen LogP contribution is -2.12. The number of carbonyl (C=O) groups is 1. The molecule has 0 aliphatic heterocycles. The number of benzene rings is 1. The fourth-order valence-corrected chi connectivity index (χ4v) is 3.02. The fraction of sp³-hybridized carbons (Fsp3) is 0.417. The number of carboxylic acid groups (broad SMARTS) is 1. The van der Waals surface area contributed by atoms with Crippen molar-refractivity contribution < 1.29 is 36.2 Å². The third-order valence-corrected chi connectivity index (χ3v) is 4.23. The number of alkyl halides is 8. The molecule has 122 valence electrons. The molecular weight excluding hydrogens is 361 g/mol. The standard InChI is InChI=1S/C12H6Cl2F6O2/c13-10(14)7(8(10)9(21)22)4-1-5(11(15,16)17)3-6(2-4)12(18,19)20/h1-3,7-8H,(H,21,22)/t7-,8+/m1/s1. The second-order valence-electron chi connectivity index (χ2n) is 4.81. The van der Waals surface area contributed by atoms with Crippen LogP contribution in [-0.4, -0.2) is 15.4 Å². The van der Waals surface area contributed by atoms with E-state index < -0.39 is 51.2 Å². The van der Waals surface area contributed by atoms with E-state index in [1.54, 1.807) is 0 Å². The molecule has 1 saturated carbocycles. The monoisotopic (exact) mass is 366 g/mol. The Kier molecular flexibility index (Phi) is 3.85. The molecule has 1 fully saturated rings. The van der Waals surface area contributed by atoms with Gasteiger partial charge >= 0.3 is 18.3 Å². The smallest absolute Gasteiger partial charge is 0.416 e. The van der Waals surface area contributed by atoms with E-state index in [0.717, 1.165) is 0 Å². The Morgan fingerprint density at radius 2 is 1.41 bits per heavy atom. The molecule has 2 atom stereocenters. The first-order valence-electron chi connectivity index (χ1n) is 5.66. The molecule has 1 aliphatic rings. The molecule has 0 amide bonds. The molecule has 1 aromatic rings. The number of hydrogen-bond acceptors (Lipinski definition) is 1. The SMILES string of the molecule is O=C(O)[C@@H]1[C@@H](c2cc(C(F)(F)F)cc(C(F)(F)F)c2)C1(Cl)Cl. The summed E-state index contributed by atoms with van der Waals surface area (Å²) in [6.07, 6.45) is -10.0. The highest BCUT2D eigenvalue weighted by atomic mass is 35.5.